The summed E-state index contributed by atoms with van der Waals surface area (Å²) in [5.41, 5.74) is 0.512. The molecule has 0 N–H and O–H groups in total. The number of carbonyl (C=O) groups excluding carboxylic acids is 1. The summed E-state index contributed by atoms with van der Waals surface area (Å²) in [5.74, 6) is -0.0637. The third-order valence-corrected chi connectivity index (χ3v) is 5.65. The monoisotopic (exact) mass is 497 g/mol. The number of aromatic nitrogens is 5. The summed E-state index contributed by atoms with van der Waals surface area (Å²) >= 11 is 0. The van der Waals surface area contributed by atoms with Gasteiger partial charge in [0, 0.05) is 37.4 Å². The smallest absolute Gasteiger partial charge is 0.336 e. The zero-order chi connectivity index (χ0) is 24.5. The molecule has 3 aromatic heterocycles. The van der Waals surface area contributed by atoms with Crippen molar-refractivity contribution in [2.45, 2.75) is 19.1 Å². The lowest BCUT2D eigenvalue weighted by molar-refractivity contribution is -0.141. The number of nitrogens with zero attached hydrogens (tertiary/aromatic N) is 7. The number of imidazole rings is 1. The molecule has 0 bridgehead atoms. The molecule has 1 saturated heterocycles. The SMILES string of the molecule is C=Cc1ncc(-c2nn(CC(F)(F)F)c3cc(C(=O)N4CCCN(C)CC4)ncc23)n1/C=C/F.F. The molecule has 1 amide bonds. The highest BCUT2D eigenvalue weighted by atomic mass is 19.4. The fourth-order valence-electron chi connectivity index (χ4n) is 3.99. The molecule has 0 aliphatic carbocycles. The Morgan fingerprint density at radius 1 is 1.17 bits per heavy atom. The number of halogens is 5. The summed E-state index contributed by atoms with van der Waals surface area (Å²) in [6.07, 6.45) is 1.65. The van der Waals surface area contributed by atoms with E-state index < -0.39 is 12.7 Å². The molecule has 1 aliphatic rings. The minimum absolute atomic E-state index is 0. The van der Waals surface area contributed by atoms with Crippen LogP contribution >= 0.6 is 0 Å². The van der Waals surface area contributed by atoms with Crippen LogP contribution in [0.2, 0.25) is 0 Å². The summed E-state index contributed by atoms with van der Waals surface area (Å²) in [5, 5.41) is 4.43. The van der Waals surface area contributed by atoms with Crippen LogP contribution in [0.3, 0.4) is 0 Å². The van der Waals surface area contributed by atoms with Crippen molar-refractivity contribution in [2.75, 3.05) is 33.2 Å². The first-order chi connectivity index (χ1) is 16.2. The third kappa shape index (κ3) is 5.39. The average Bonchev–Trinajstić information content (AvgIpc) is 3.26. The maximum atomic E-state index is 13.3. The van der Waals surface area contributed by atoms with Crippen LogP contribution in [-0.2, 0) is 6.54 Å². The second-order valence-electron chi connectivity index (χ2n) is 8.01. The molecular formula is C22H24F5N7O. The van der Waals surface area contributed by atoms with Gasteiger partial charge in [-0.15, -0.1) is 0 Å². The number of amides is 1. The Balaban J connectivity index is 0.00000342. The molecule has 188 valence electrons. The number of likely N-dealkylation sites (N-methyl/N-ethyl adjacent to an activating group) is 1. The largest absolute Gasteiger partial charge is 0.408 e. The second kappa shape index (κ2) is 10.3. The molecule has 8 nitrogen and oxygen atoms in total. The molecule has 0 radical (unpaired) electrons. The Morgan fingerprint density at radius 3 is 2.63 bits per heavy atom. The Kier molecular flexibility index (Phi) is 7.68. The first-order valence-corrected chi connectivity index (χ1v) is 10.6. The van der Waals surface area contributed by atoms with E-state index in [0.717, 1.165) is 23.8 Å². The van der Waals surface area contributed by atoms with Gasteiger partial charge in [0.1, 0.15) is 30.1 Å². The van der Waals surface area contributed by atoms with Crippen LogP contribution in [0, 0.1) is 0 Å². The molecule has 4 heterocycles. The Hall–Kier alpha value is -3.61. The number of alkyl halides is 3. The van der Waals surface area contributed by atoms with Crippen molar-refractivity contribution in [1.82, 2.24) is 34.1 Å². The van der Waals surface area contributed by atoms with Gasteiger partial charge >= 0.3 is 6.18 Å². The lowest BCUT2D eigenvalue weighted by atomic mass is 10.2. The third-order valence-electron chi connectivity index (χ3n) is 5.65. The van der Waals surface area contributed by atoms with E-state index in [1.54, 1.807) is 4.90 Å². The standard InChI is InChI=1S/C22H23F4N7O.FH/c1-3-19-28-13-18(32(19)8-5-23)20-15-12-27-16(11-17(15)33(29-20)14-22(24,25)26)21(34)31-7-4-6-30(2)9-10-31;/h3,5,8,11-13H,1,4,6-7,9-10,14H2,2H3;1H/b8-5+;. The quantitative estimate of drug-likeness (QED) is 0.501. The van der Waals surface area contributed by atoms with Gasteiger partial charge in [-0.05, 0) is 32.2 Å². The zero-order valence-electron chi connectivity index (χ0n) is 18.9. The van der Waals surface area contributed by atoms with Crippen LogP contribution in [0.4, 0.5) is 22.3 Å². The van der Waals surface area contributed by atoms with Crippen molar-refractivity contribution in [1.29, 1.82) is 0 Å². The second-order valence-corrected chi connectivity index (χ2v) is 8.01. The predicted octanol–water partition coefficient (Wildman–Crippen LogP) is 3.83. The van der Waals surface area contributed by atoms with E-state index in [0.29, 0.717) is 19.6 Å². The molecule has 0 aromatic carbocycles. The number of rotatable bonds is 5. The normalized spacial score (nSPS) is 15.4. The van der Waals surface area contributed by atoms with Gasteiger partial charge in [-0.2, -0.15) is 18.3 Å². The minimum Gasteiger partial charge on any atom is -0.336 e. The van der Waals surface area contributed by atoms with Crippen LogP contribution < -0.4 is 0 Å². The molecule has 35 heavy (non-hydrogen) atoms. The van der Waals surface area contributed by atoms with Crippen LogP contribution in [0.1, 0.15) is 22.7 Å². The molecule has 1 fully saturated rings. The summed E-state index contributed by atoms with van der Waals surface area (Å²) in [7, 11) is 1.97. The summed E-state index contributed by atoms with van der Waals surface area (Å²) < 4.78 is 55.1. The molecule has 0 saturated carbocycles. The number of fused-ring (bicyclic) bond motifs is 1. The van der Waals surface area contributed by atoms with Crippen molar-refractivity contribution in [2.24, 2.45) is 0 Å². The zero-order valence-corrected chi connectivity index (χ0v) is 18.9. The predicted molar refractivity (Wildman–Crippen MR) is 122 cm³/mol. The van der Waals surface area contributed by atoms with Crippen LogP contribution in [0.15, 0.2) is 31.4 Å². The Labute approximate surface area is 197 Å². The number of pyridine rings is 1. The first-order valence-electron chi connectivity index (χ1n) is 10.6. The lowest BCUT2D eigenvalue weighted by Crippen LogP contribution is -2.35. The van der Waals surface area contributed by atoms with Crippen molar-refractivity contribution < 1.29 is 27.1 Å². The van der Waals surface area contributed by atoms with E-state index in [1.807, 2.05) is 7.05 Å². The minimum atomic E-state index is -4.55. The van der Waals surface area contributed by atoms with E-state index in [1.165, 1.54) is 29.1 Å². The van der Waals surface area contributed by atoms with Gasteiger partial charge in [-0.1, -0.05) is 6.58 Å². The summed E-state index contributed by atoms with van der Waals surface area (Å²) in [4.78, 5) is 25.2. The van der Waals surface area contributed by atoms with E-state index in [4.69, 9.17) is 0 Å². The van der Waals surface area contributed by atoms with Gasteiger partial charge in [0.15, 0.2) is 0 Å². The topological polar surface area (TPSA) is 72.1 Å². The highest BCUT2D eigenvalue weighted by molar-refractivity contribution is 5.99. The molecule has 0 unspecified atom stereocenters. The fraction of sp³-hybridized carbons (Fsp3) is 0.364. The highest BCUT2D eigenvalue weighted by Crippen LogP contribution is 2.31. The van der Waals surface area contributed by atoms with Crippen LogP contribution in [0.5, 0.6) is 0 Å². The number of hydrogen-bond acceptors (Lipinski definition) is 5. The van der Waals surface area contributed by atoms with Gasteiger partial charge in [0.2, 0.25) is 0 Å². The van der Waals surface area contributed by atoms with Gasteiger partial charge in [-0.25, -0.2) is 9.37 Å². The number of hydrogen-bond donors (Lipinski definition) is 0. The van der Waals surface area contributed by atoms with Crippen molar-refractivity contribution in [3.05, 3.63) is 42.9 Å². The van der Waals surface area contributed by atoms with Crippen molar-refractivity contribution in [3.8, 4) is 11.4 Å². The lowest BCUT2D eigenvalue weighted by Gasteiger charge is -2.20. The maximum absolute atomic E-state index is 13.3. The highest BCUT2D eigenvalue weighted by Gasteiger charge is 2.31. The molecule has 3 aromatic rings. The van der Waals surface area contributed by atoms with Gasteiger partial charge in [-0.3, -0.25) is 23.7 Å². The Bertz CT molecular complexity index is 1250. The average molecular weight is 497 g/mol. The molecule has 0 atom stereocenters. The molecular weight excluding hydrogens is 473 g/mol. The number of carbonyl (C=O) groups is 1. The van der Waals surface area contributed by atoms with Crippen molar-refractivity contribution >= 4 is 29.1 Å². The van der Waals surface area contributed by atoms with Gasteiger partial charge in [0.25, 0.3) is 5.91 Å². The molecule has 13 heteroatoms. The van der Waals surface area contributed by atoms with Gasteiger partial charge in [0.05, 0.1) is 17.4 Å². The van der Waals surface area contributed by atoms with E-state index in [9.17, 15) is 22.4 Å². The maximum Gasteiger partial charge on any atom is 0.408 e. The van der Waals surface area contributed by atoms with E-state index in [2.05, 4.69) is 26.5 Å². The summed E-state index contributed by atoms with van der Waals surface area (Å²) in [6, 6.07) is 1.33. The van der Waals surface area contributed by atoms with Crippen LogP contribution in [0.25, 0.3) is 34.6 Å². The van der Waals surface area contributed by atoms with Crippen molar-refractivity contribution in [3.63, 3.8) is 0 Å². The molecule has 4 rings (SSSR count). The molecule has 1 aliphatic heterocycles. The van der Waals surface area contributed by atoms with Crippen LogP contribution in [-0.4, -0.2) is 79.4 Å². The first kappa shape index (κ1) is 26.0. The van der Waals surface area contributed by atoms with Gasteiger partial charge < -0.3 is 9.80 Å². The molecule has 0 spiro atoms. The Morgan fingerprint density at radius 2 is 1.94 bits per heavy atom. The summed E-state index contributed by atoms with van der Waals surface area (Å²) in [6.45, 7) is 4.84. The van der Waals surface area contributed by atoms with E-state index >= 15 is 0 Å². The fourth-order valence-corrected chi connectivity index (χ4v) is 3.99. The van der Waals surface area contributed by atoms with E-state index in [-0.39, 0.29) is 50.8 Å².